The van der Waals surface area contributed by atoms with Crippen molar-refractivity contribution in [1.82, 2.24) is 24.8 Å². The van der Waals surface area contributed by atoms with E-state index in [1.165, 1.54) is 11.1 Å². The molecule has 7 nitrogen and oxygen atoms in total. The quantitative estimate of drug-likeness (QED) is 0.324. The van der Waals surface area contributed by atoms with Gasteiger partial charge in [-0.3, -0.25) is 4.57 Å². The van der Waals surface area contributed by atoms with Crippen LogP contribution < -0.4 is 5.32 Å². The number of aromatic nitrogens is 4. The Morgan fingerprint density at radius 2 is 2.32 bits per heavy atom. The van der Waals surface area contributed by atoms with Crippen LogP contribution in [0.1, 0.15) is 17.7 Å². The van der Waals surface area contributed by atoms with Gasteiger partial charge < -0.3 is 15.7 Å². The average molecular weight is 389 g/mol. The monoisotopic (exact) mass is 389 g/mol. The lowest BCUT2D eigenvalue weighted by Crippen LogP contribution is -2.11. The van der Waals surface area contributed by atoms with Gasteiger partial charge in [-0.2, -0.15) is 5.26 Å². The van der Waals surface area contributed by atoms with E-state index in [1.807, 2.05) is 23.0 Å². The topological polar surface area (TPSA) is 106 Å². The summed E-state index contributed by atoms with van der Waals surface area (Å²) in [5.41, 5.74) is 3.16. The first kappa shape index (κ1) is 17.9. The second-order valence-electron chi connectivity index (χ2n) is 6.34. The third kappa shape index (κ3) is 3.17. The Kier molecular flexibility index (Phi) is 4.91. The number of fused-ring (bicyclic) bond motifs is 3. The van der Waals surface area contributed by atoms with Crippen molar-refractivity contribution in [2.75, 3.05) is 6.54 Å². The summed E-state index contributed by atoms with van der Waals surface area (Å²) in [5.74, 6) is 0.789. The number of hydrogen-bond donors (Lipinski definition) is 3. The molecule has 28 heavy (non-hydrogen) atoms. The molecule has 0 unspecified atom stereocenters. The minimum Gasteiger partial charge on any atom is -0.389 e. The van der Waals surface area contributed by atoms with Gasteiger partial charge in [-0.05, 0) is 31.5 Å². The van der Waals surface area contributed by atoms with Crippen LogP contribution in [0.4, 0.5) is 0 Å². The number of nitriles is 1. The number of nitrogens with zero attached hydrogens (tertiary/aromatic N) is 4. The van der Waals surface area contributed by atoms with E-state index >= 15 is 0 Å². The molecule has 4 aromatic rings. The summed E-state index contributed by atoms with van der Waals surface area (Å²) in [5, 5.41) is 20.9. The van der Waals surface area contributed by atoms with Crippen LogP contribution in [0.3, 0.4) is 0 Å². The van der Waals surface area contributed by atoms with Crippen molar-refractivity contribution >= 4 is 45.3 Å². The second kappa shape index (κ2) is 7.66. The molecule has 4 rings (SSSR count). The van der Waals surface area contributed by atoms with Crippen molar-refractivity contribution in [2.24, 2.45) is 0 Å². The Morgan fingerprint density at radius 1 is 1.43 bits per heavy atom. The zero-order valence-electron chi connectivity index (χ0n) is 15.4. The maximum absolute atomic E-state index is 8.68. The van der Waals surface area contributed by atoms with Gasteiger partial charge in [0.15, 0.2) is 5.82 Å². The highest BCUT2D eigenvalue weighted by molar-refractivity contribution is 7.15. The van der Waals surface area contributed by atoms with E-state index in [2.05, 4.69) is 40.4 Å². The lowest BCUT2D eigenvalue weighted by Gasteiger charge is -2.10. The molecule has 3 N–H and O–H groups in total. The van der Waals surface area contributed by atoms with Crippen molar-refractivity contribution in [1.29, 1.82) is 10.7 Å². The zero-order chi connectivity index (χ0) is 19.5. The molecule has 0 radical (unpaired) electrons. The van der Waals surface area contributed by atoms with Crippen LogP contribution in [0.2, 0.25) is 0 Å². The van der Waals surface area contributed by atoms with Crippen LogP contribution in [0.25, 0.3) is 38.5 Å². The van der Waals surface area contributed by atoms with E-state index in [9.17, 15) is 0 Å². The number of aryl methyl sites for hydroxylation is 1. The molecule has 0 aliphatic carbocycles. The summed E-state index contributed by atoms with van der Waals surface area (Å²) >= 11 is 1.67. The maximum atomic E-state index is 8.68. The van der Waals surface area contributed by atoms with Crippen molar-refractivity contribution < 1.29 is 0 Å². The highest BCUT2D eigenvalue weighted by Gasteiger charge is 2.19. The van der Waals surface area contributed by atoms with Gasteiger partial charge in [0, 0.05) is 41.8 Å². The third-order valence-electron chi connectivity index (χ3n) is 4.43. The molecule has 0 aliphatic rings. The molecule has 0 bridgehead atoms. The van der Waals surface area contributed by atoms with Crippen molar-refractivity contribution in [3.05, 3.63) is 41.7 Å². The standard InChI is InChI=1S/C20H19N7S/c1-13-4-5-17(28-13)20-26-16-12-25-19-15(6-9-24-19)18(16)27(20)14(10-22)11-23-8-3-2-7-21/h4-6,9-12,22-23H,2-3,8H2,1H3,(H,24,25)/b14-11+,22-10?. The molecule has 0 aliphatic heterocycles. The highest BCUT2D eigenvalue weighted by Crippen LogP contribution is 2.34. The lowest BCUT2D eigenvalue weighted by atomic mass is 10.3. The van der Waals surface area contributed by atoms with Gasteiger partial charge in [0.25, 0.3) is 0 Å². The number of pyridine rings is 1. The number of thiophene rings is 1. The Balaban J connectivity index is 1.90. The third-order valence-corrected chi connectivity index (χ3v) is 5.42. The molecule has 4 heterocycles. The van der Waals surface area contributed by atoms with Crippen LogP contribution in [0.5, 0.6) is 0 Å². The molecular weight excluding hydrogens is 370 g/mol. The minimum atomic E-state index is 0.504. The summed E-state index contributed by atoms with van der Waals surface area (Å²) in [6.07, 6.45) is 8.01. The molecule has 0 aromatic carbocycles. The lowest BCUT2D eigenvalue weighted by molar-refractivity contribution is 0.769. The Bertz CT molecular complexity index is 1220. The van der Waals surface area contributed by atoms with Crippen LogP contribution in [-0.4, -0.2) is 32.3 Å². The average Bonchev–Trinajstić information content (AvgIpc) is 3.41. The molecule has 4 aromatic heterocycles. The molecule has 0 fully saturated rings. The first-order chi connectivity index (χ1) is 13.7. The van der Waals surface area contributed by atoms with E-state index in [4.69, 9.17) is 15.7 Å². The van der Waals surface area contributed by atoms with E-state index in [0.717, 1.165) is 39.2 Å². The van der Waals surface area contributed by atoms with Gasteiger partial charge in [-0.25, -0.2) is 9.97 Å². The molecule has 0 saturated heterocycles. The van der Waals surface area contributed by atoms with Crippen molar-refractivity contribution in [2.45, 2.75) is 19.8 Å². The summed E-state index contributed by atoms with van der Waals surface area (Å²) in [4.78, 5) is 14.7. The number of allylic oxidation sites excluding steroid dienone is 1. The fourth-order valence-corrected chi connectivity index (χ4v) is 4.01. The summed E-state index contributed by atoms with van der Waals surface area (Å²) in [6.45, 7) is 2.74. The summed E-state index contributed by atoms with van der Waals surface area (Å²) in [6, 6.07) is 8.25. The van der Waals surface area contributed by atoms with Gasteiger partial charge in [-0.1, -0.05) is 0 Å². The molecule has 0 amide bonds. The van der Waals surface area contributed by atoms with Gasteiger partial charge in [0.05, 0.1) is 28.4 Å². The van der Waals surface area contributed by atoms with Gasteiger partial charge >= 0.3 is 0 Å². The largest absolute Gasteiger partial charge is 0.389 e. The smallest absolute Gasteiger partial charge is 0.156 e. The van der Waals surface area contributed by atoms with Gasteiger partial charge in [0.1, 0.15) is 11.2 Å². The molecule has 0 spiro atoms. The number of aromatic amines is 1. The van der Waals surface area contributed by atoms with Crippen molar-refractivity contribution in [3.8, 4) is 16.8 Å². The van der Waals surface area contributed by atoms with Crippen LogP contribution in [-0.2, 0) is 0 Å². The molecule has 0 saturated carbocycles. The van der Waals surface area contributed by atoms with E-state index in [1.54, 1.807) is 17.5 Å². The zero-order valence-corrected chi connectivity index (χ0v) is 16.2. The summed E-state index contributed by atoms with van der Waals surface area (Å²) in [7, 11) is 0. The first-order valence-corrected chi connectivity index (χ1v) is 9.77. The first-order valence-electron chi connectivity index (χ1n) is 8.95. The number of nitrogens with one attached hydrogen (secondary N) is 3. The predicted molar refractivity (Wildman–Crippen MR) is 113 cm³/mol. The predicted octanol–water partition coefficient (Wildman–Crippen LogP) is 4.29. The fraction of sp³-hybridized carbons (Fsp3) is 0.200. The fourth-order valence-electron chi connectivity index (χ4n) is 3.16. The number of H-pyrrole nitrogens is 1. The molecular formula is C20H19N7S. The van der Waals surface area contributed by atoms with E-state index in [-0.39, 0.29) is 0 Å². The SMILES string of the molecule is Cc1ccc(-c2nc3cnc4[nH]ccc4c3n2/C(C=N)=C/NCCCC#N)s1. The number of hydrogen-bond acceptors (Lipinski definition) is 6. The second-order valence-corrected chi connectivity index (χ2v) is 7.63. The van der Waals surface area contributed by atoms with E-state index < -0.39 is 0 Å². The van der Waals surface area contributed by atoms with Crippen LogP contribution in [0, 0.1) is 23.7 Å². The van der Waals surface area contributed by atoms with E-state index in [0.29, 0.717) is 18.7 Å². The highest BCUT2D eigenvalue weighted by atomic mass is 32.1. The van der Waals surface area contributed by atoms with Gasteiger partial charge in [0.2, 0.25) is 0 Å². The Hall–Kier alpha value is -3.44. The number of imidazole rings is 1. The molecule has 8 heteroatoms. The summed E-state index contributed by atoms with van der Waals surface area (Å²) < 4.78 is 2.00. The van der Waals surface area contributed by atoms with Crippen molar-refractivity contribution in [3.63, 3.8) is 0 Å². The molecule has 140 valence electrons. The Labute approximate surface area is 165 Å². The normalized spacial score (nSPS) is 11.8. The van der Waals surface area contributed by atoms with Gasteiger partial charge in [-0.15, -0.1) is 11.3 Å². The maximum Gasteiger partial charge on any atom is 0.156 e. The number of rotatable bonds is 7. The molecule has 0 atom stereocenters. The van der Waals surface area contributed by atoms with Crippen LogP contribution >= 0.6 is 11.3 Å². The number of unbranched alkanes of at least 4 members (excludes halogenated alkanes) is 1. The minimum absolute atomic E-state index is 0.504. The van der Waals surface area contributed by atoms with Crippen LogP contribution in [0.15, 0.2) is 36.8 Å². The Morgan fingerprint density at radius 3 is 3.07 bits per heavy atom.